The lowest BCUT2D eigenvalue weighted by atomic mass is 10.1. The van der Waals surface area contributed by atoms with Crippen LogP contribution >= 0.6 is 23.2 Å². The molecule has 2 aromatic rings. The van der Waals surface area contributed by atoms with Crippen LogP contribution in [0, 0.1) is 0 Å². The van der Waals surface area contributed by atoms with Gasteiger partial charge in [0.05, 0.1) is 5.02 Å². The Bertz CT molecular complexity index is 699. The highest BCUT2D eigenvalue weighted by molar-refractivity contribution is 6.42. The lowest BCUT2D eigenvalue weighted by Crippen LogP contribution is -2.12. The second kappa shape index (κ2) is 7.29. The van der Waals surface area contributed by atoms with Gasteiger partial charge in [0, 0.05) is 18.2 Å². The van der Waals surface area contributed by atoms with E-state index in [4.69, 9.17) is 27.9 Å². The summed E-state index contributed by atoms with van der Waals surface area (Å²) in [6.07, 6.45) is 0. The highest BCUT2D eigenvalue weighted by atomic mass is 35.5. The monoisotopic (exact) mass is 337 g/mol. The van der Waals surface area contributed by atoms with E-state index in [1.54, 1.807) is 42.5 Å². The number of rotatable bonds is 5. The summed E-state index contributed by atoms with van der Waals surface area (Å²) < 4.78 is 5.39. The van der Waals surface area contributed by atoms with Crippen molar-refractivity contribution in [2.24, 2.45) is 0 Å². The molecular weight excluding hydrogens is 325 g/mol. The molecule has 4 nitrogen and oxygen atoms in total. The van der Waals surface area contributed by atoms with E-state index in [1.165, 1.54) is 6.92 Å². The molecule has 0 aromatic heterocycles. The van der Waals surface area contributed by atoms with Crippen LogP contribution in [0.25, 0.3) is 0 Å². The fourth-order valence-corrected chi connectivity index (χ4v) is 2.11. The number of benzene rings is 2. The van der Waals surface area contributed by atoms with Gasteiger partial charge in [0.1, 0.15) is 10.8 Å². The van der Waals surface area contributed by atoms with Crippen LogP contribution in [-0.2, 0) is 4.79 Å². The van der Waals surface area contributed by atoms with Gasteiger partial charge in [0.15, 0.2) is 12.4 Å². The highest BCUT2D eigenvalue weighted by Gasteiger charge is 2.10. The molecule has 114 valence electrons. The van der Waals surface area contributed by atoms with Crippen LogP contribution in [0.2, 0.25) is 10.0 Å². The zero-order chi connectivity index (χ0) is 16.1. The third-order valence-corrected chi connectivity index (χ3v) is 3.60. The number of ether oxygens (including phenoxy) is 1. The van der Waals surface area contributed by atoms with Crippen molar-refractivity contribution < 1.29 is 14.3 Å². The summed E-state index contributed by atoms with van der Waals surface area (Å²) in [6, 6.07) is 11.5. The number of nitrogens with one attached hydrogen (secondary N) is 1. The van der Waals surface area contributed by atoms with Crippen molar-refractivity contribution in [1.29, 1.82) is 0 Å². The Morgan fingerprint density at radius 3 is 2.41 bits per heavy atom. The fourth-order valence-electron chi connectivity index (χ4n) is 1.76. The largest absolute Gasteiger partial charge is 0.484 e. The maximum Gasteiger partial charge on any atom is 0.221 e. The summed E-state index contributed by atoms with van der Waals surface area (Å²) in [6.45, 7) is 1.27. The third-order valence-electron chi connectivity index (χ3n) is 2.80. The van der Waals surface area contributed by atoms with Gasteiger partial charge in [0.25, 0.3) is 0 Å². The Kier molecular flexibility index (Phi) is 5.41. The van der Waals surface area contributed by atoms with Gasteiger partial charge >= 0.3 is 0 Å². The van der Waals surface area contributed by atoms with Crippen molar-refractivity contribution in [2.45, 2.75) is 6.92 Å². The molecular formula is C16H13Cl2NO3. The van der Waals surface area contributed by atoms with Crippen LogP contribution in [-0.4, -0.2) is 18.3 Å². The maximum atomic E-state index is 12.1. The molecule has 2 aromatic carbocycles. The number of halogens is 2. The average Bonchev–Trinajstić information content (AvgIpc) is 2.48. The van der Waals surface area contributed by atoms with Gasteiger partial charge in [-0.2, -0.15) is 0 Å². The Morgan fingerprint density at radius 2 is 1.77 bits per heavy atom. The van der Waals surface area contributed by atoms with Crippen LogP contribution in [0.1, 0.15) is 17.3 Å². The van der Waals surface area contributed by atoms with Crippen molar-refractivity contribution in [1.82, 2.24) is 0 Å². The predicted octanol–water partition coefficient (Wildman–Crippen LogP) is 4.21. The van der Waals surface area contributed by atoms with Crippen LogP contribution in [0.4, 0.5) is 5.69 Å². The second-order valence-corrected chi connectivity index (χ2v) is 5.31. The lowest BCUT2D eigenvalue weighted by molar-refractivity contribution is -0.114. The van der Waals surface area contributed by atoms with E-state index in [9.17, 15) is 9.59 Å². The molecule has 0 aliphatic heterocycles. The van der Waals surface area contributed by atoms with Crippen LogP contribution in [0.5, 0.6) is 5.75 Å². The Morgan fingerprint density at radius 1 is 1.09 bits per heavy atom. The van der Waals surface area contributed by atoms with Crippen molar-refractivity contribution in [3.05, 3.63) is 58.1 Å². The number of anilines is 1. The Hall–Kier alpha value is -2.04. The second-order valence-electron chi connectivity index (χ2n) is 4.52. The van der Waals surface area contributed by atoms with Gasteiger partial charge in [0.2, 0.25) is 5.91 Å². The first-order valence-electron chi connectivity index (χ1n) is 6.45. The summed E-state index contributed by atoms with van der Waals surface area (Å²) >= 11 is 11.9. The molecule has 22 heavy (non-hydrogen) atoms. The lowest BCUT2D eigenvalue weighted by Gasteiger charge is -2.08. The number of amides is 1. The van der Waals surface area contributed by atoms with E-state index in [1.807, 2.05) is 0 Å². The van der Waals surface area contributed by atoms with Gasteiger partial charge in [-0.15, -0.1) is 0 Å². The Labute approximate surface area is 138 Å². The van der Waals surface area contributed by atoms with E-state index in [2.05, 4.69) is 5.32 Å². The van der Waals surface area contributed by atoms with Crippen LogP contribution < -0.4 is 10.1 Å². The molecule has 0 bridgehead atoms. The molecule has 2 rings (SSSR count). The first kappa shape index (κ1) is 16.3. The zero-order valence-corrected chi connectivity index (χ0v) is 13.2. The van der Waals surface area contributed by atoms with Gasteiger partial charge in [-0.05, 0) is 36.4 Å². The van der Waals surface area contributed by atoms with Crippen LogP contribution in [0.3, 0.4) is 0 Å². The van der Waals surface area contributed by atoms with Gasteiger partial charge in [-0.1, -0.05) is 29.3 Å². The van der Waals surface area contributed by atoms with Crippen LogP contribution in [0.15, 0.2) is 42.5 Å². The minimum absolute atomic E-state index is 0.153. The number of hydrogen-bond donors (Lipinski definition) is 1. The smallest absolute Gasteiger partial charge is 0.221 e. The molecule has 0 spiro atoms. The topological polar surface area (TPSA) is 55.4 Å². The van der Waals surface area contributed by atoms with E-state index in [-0.39, 0.29) is 23.3 Å². The molecule has 0 fully saturated rings. The van der Waals surface area contributed by atoms with E-state index >= 15 is 0 Å². The van der Waals surface area contributed by atoms with E-state index in [0.29, 0.717) is 22.0 Å². The fraction of sp³-hybridized carbons (Fsp3) is 0.125. The highest BCUT2D eigenvalue weighted by Crippen LogP contribution is 2.31. The maximum absolute atomic E-state index is 12.1. The number of hydrogen-bond acceptors (Lipinski definition) is 3. The SMILES string of the molecule is CC(=O)Nc1ccc(C(=O)COc2cccc(Cl)c2Cl)cc1. The van der Waals surface area contributed by atoms with E-state index in [0.717, 1.165) is 0 Å². The van der Waals surface area contributed by atoms with Crippen molar-refractivity contribution >= 4 is 40.6 Å². The third kappa shape index (κ3) is 4.23. The number of carbonyl (C=O) groups excluding carboxylic acids is 2. The summed E-state index contributed by atoms with van der Waals surface area (Å²) in [7, 11) is 0. The molecule has 0 heterocycles. The van der Waals surface area contributed by atoms with Crippen molar-refractivity contribution in [3.8, 4) is 5.75 Å². The number of Topliss-reactive ketones (excluding diaryl/α,β-unsaturated/α-hetero) is 1. The molecule has 0 saturated heterocycles. The predicted molar refractivity (Wildman–Crippen MR) is 87.0 cm³/mol. The first-order valence-corrected chi connectivity index (χ1v) is 7.20. The van der Waals surface area contributed by atoms with E-state index < -0.39 is 0 Å². The minimum Gasteiger partial charge on any atom is -0.484 e. The number of carbonyl (C=O) groups is 2. The minimum atomic E-state index is -0.203. The van der Waals surface area contributed by atoms with Gasteiger partial charge in [-0.25, -0.2) is 0 Å². The van der Waals surface area contributed by atoms with Crippen molar-refractivity contribution in [2.75, 3.05) is 11.9 Å². The summed E-state index contributed by atoms with van der Waals surface area (Å²) in [4.78, 5) is 23.0. The molecule has 1 N–H and O–H groups in total. The van der Waals surface area contributed by atoms with Gasteiger partial charge in [-0.3, -0.25) is 9.59 Å². The molecule has 0 aliphatic carbocycles. The summed E-state index contributed by atoms with van der Waals surface area (Å²) in [5, 5.41) is 3.27. The number of ketones is 1. The molecule has 1 amide bonds. The molecule has 0 aliphatic rings. The first-order chi connectivity index (χ1) is 10.5. The van der Waals surface area contributed by atoms with Gasteiger partial charge < -0.3 is 10.1 Å². The standard InChI is InChI=1S/C16H13Cl2NO3/c1-10(20)19-12-7-5-11(6-8-12)14(21)9-22-15-4-2-3-13(17)16(15)18/h2-8H,9H2,1H3,(H,19,20). The molecule has 0 unspecified atom stereocenters. The van der Waals surface area contributed by atoms with Crippen molar-refractivity contribution in [3.63, 3.8) is 0 Å². The quantitative estimate of drug-likeness (QED) is 0.831. The summed E-state index contributed by atoms with van der Waals surface area (Å²) in [5.74, 6) is -0.0131. The molecule has 0 atom stereocenters. The molecule has 6 heteroatoms. The molecule has 0 saturated carbocycles. The zero-order valence-electron chi connectivity index (χ0n) is 11.7. The Balaban J connectivity index is 2.00. The molecule has 0 radical (unpaired) electrons. The average molecular weight is 338 g/mol. The summed E-state index contributed by atoms with van der Waals surface area (Å²) in [5.41, 5.74) is 1.11. The normalized spacial score (nSPS) is 10.1.